The lowest BCUT2D eigenvalue weighted by Crippen LogP contribution is -2.27. The molecular weight excluding hydrogens is 335 g/mol. The van der Waals surface area contributed by atoms with Crippen LogP contribution >= 0.6 is 0 Å². The van der Waals surface area contributed by atoms with Crippen molar-refractivity contribution in [2.24, 2.45) is 11.8 Å². The van der Waals surface area contributed by atoms with Gasteiger partial charge in [-0.25, -0.2) is 0 Å². The average molecular weight is 355 g/mol. The predicted molar refractivity (Wildman–Crippen MR) is 87.9 cm³/mol. The highest BCUT2D eigenvalue weighted by Crippen LogP contribution is 2.40. The molecule has 136 valence electrons. The third-order valence-electron chi connectivity index (χ3n) is 4.20. The van der Waals surface area contributed by atoms with Gasteiger partial charge in [0.1, 0.15) is 0 Å². The van der Waals surface area contributed by atoms with E-state index < -0.39 is 18.0 Å². The Balaban J connectivity index is 2.05. The molecule has 1 aromatic heterocycles. The van der Waals surface area contributed by atoms with Gasteiger partial charge in [0.2, 0.25) is 11.8 Å². The number of anilines is 1. The van der Waals surface area contributed by atoms with Crippen molar-refractivity contribution in [3.05, 3.63) is 30.4 Å². The number of alkyl halides is 3. The fourth-order valence-corrected chi connectivity index (χ4v) is 2.79. The maximum Gasteiger partial charge on any atom is 0.391 e. The molecule has 1 aromatic rings. The Labute approximate surface area is 144 Å². The normalized spacial score (nSPS) is 21.1. The zero-order valence-electron chi connectivity index (χ0n) is 13.8. The number of hydrogen-bond acceptors (Lipinski definition) is 4. The first-order chi connectivity index (χ1) is 11.8. The highest BCUT2D eigenvalue weighted by atomic mass is 19.4. The Kier molecular flexibility index (Phi) is 6.17. The Hall–Kier alpha value is -2.38. The molecule has 1 fully saturated rings. The van der Waals surface area contributed by atoms with Crippen LogP contribution in [0.3, 0.4) is 0 Å². The molecule has 0 unspecified atom stereocenters. The molecule has 1 saturated carbocycles. The van der Waals surface area contributed by atoms with Gasteiger partial charge in [0.05, 0.1) is 13.0 Å². The zero-order chi connectivity index (χ0) is 18.4. The Bertz CT molecular complexity index is 651. The van der Waals surface area contributed by atoms with Crippen LogP contribution in [0.1, 0.15) is 31.2 Å². The van der Waals surface area contributed by atoms with Crippen LogP contribution < -0.4 is 10.1 Å². The van der Waals surface area contributed by atoms with Crippen molar-refractivity contribution in [1.82, 2.24) is 10.2 Å². The number of hydrogen-bond donors (Lipinski definition) is 1. The maximum absolute atomic E-state index is 12.7. The van der Waals surface area contributed by atoms with Crippen LogP contribution in [0.15, 0.2) is 24.8 Å². The molecule has 0 atom stereocenters. The van der Waals surface area contributed by atoms with Gasteiger partial charge in [-0.3, -0.25) is 4.79 Å². The van der Waals surface area contributed by atoms with E-state index >= 15 is 0 Å². The number of aromatic nitrogens is 2. The monoisotopic (exact) mass is 355 g/mol. The second-order valence-corrected chi connectivity index (χ2v) is 5.90. The number of amides is 1. The SMILES string of the molecule is C=CC(=O)Nc1cc(/C=C/C2CCC(C(F)(F)F)CC2)c(OC)nn1. The van der Waals surface area contributed by atoms with E-state index in [-0.39, 0.29) is 30.5 Å². The average Bonchev–Trinajstić information content (AvgIpc) is 2.59. The van der Waals surface area contributed by atoms with Crippen LogP contribution in [0.4, 0.5) is 19.0 Å². The Morgan fingerprint density at radius 2 is 2.00 bits per heavy atom. The molecule has 1 heterocycles. The van der Waals surface area contributed by atoms with Crippen LogP contribution in [-0.2, 0) is 4.79 Å². The molecule has 1 aliphatic carbocycles. The molecule has 0 radical (unpaired) electrons. The highest BCUT2D eigenvalue weighted by molar-refractivity contribution is 5.98. The zero-order valence-corrected chi connectivity index (χ0v) is 13.8. The molecule has 25 heavy (non-hydrogen) atoms. The van der Waals surface area contributed by atoms with Crippen LogP contribution in [0, 0.1) is 11.8 Å². The largest absolute Gasteiger partial charge is 0.479 e. The third kappa shape index (κ3) is 5.30. The summed E-state index contributed by atoms with van der Waals surface area (Å²) >= 11 is 0. The van der Waals surface area contributed by atoms with Gasteiger partial charge in [-0.1, -0.05) is 18.7 Å². The van der Waals surface area contributed by atoms with Crippen LogP contribution in [-0.4, -0.2) is 29.4 Å². The summed E-state index contributed by atoms with van der Waals surface area (Å²) in [7, 11) is 1.44. The van der Waals surface area contributed by atoms with Crippen molar-refractivity contribution >= 4 is 17.8 Å². The first kappa shape index (κ1) is 19.0. The summed E-state index contributed by atoms with van der Waals surface area (Å²) in [6, 6.07) is 1.59. The lowest BCUT2D eigenvalue weighted by atomic mass is 9.81. The molecule has 0 aromatic carbocycles. The quantitative estimate of drug-likeness (QED) is 0.811. The van der Waals surface area contributed by atoms with Crippen LogP contribution in [0.5, 0.6) is 5.88 Å². The summed E-state index contributed by atoms with van der Waals surface area (Å²) in [5, 5.41) is 10.2. The summed E-state index contributed by atoms with van der Waals surface area (Å²) in [4.78, 5) is 11.3. The van der Waals surface area contributed by atoms with E-state index in [2.05, 4.69) is 22.1 Å². The van der Waals surface area contributed by atoms with Crippen molar-refractivity contribution < 1.29 is 22.7 Å². The van der Waals surface area contributed by atoms with Gasteiger partial charge >= 0.3 is 6.18 Å². The number of nitrogens with one attached hydrogen (secondary N) is 1. The van der Waals surface area contributed by atoms with E-state index in [1.807, 2.05) is 6.08 Å². The molecule has 1 amide bonds. The summed E-state index contributed by atoms with van der Waals surface area (Å²) in [5.41, 5.74) is 0.592. The van der Waals surface area contributed by atoms with E-state index in [0.29, 0.717) is 18.4 Å². The van der Waals surface area contributed by atoms with Crippen molar-refractivity contribution in [3.63, 3.8) is 0 Å². The first-order valence-electron chi connectivity index (χ1n) is 7.93. The Morgan fingerprint density at radius 1 is 1.32 bits per heavy atom. The van der Waals surface area contributed by atoms with Crippen molar-refractivity contribution in [2.45, 2.75) is 31.9 Å². The van der Waals surface area contributed by atoms with Crippen LogP contribution in [0.2, 0.25) is 0 Å². The number of nitrogens with zero attached hydrogens (tertiary/aromatic N) is 2. The van der Waals surface area contributed by atoms with Gasteiger partial charge < -0.3 is 10.1 Å². The van der Waals surface area contributed by atoms with E-state index in [1.54, 1.807) is 12.1 Å². The minimum Gasteiger partial charge on any atom is -0.479 e. The molecule has 1 aliphatic rings. The van der Waals surface area contributed by atoms with E-state index in [1.165, 1.54) is 7.11 Å². The fraction of sp³-hybridized carbons (Fsp3) is 0.471. The van der Waals surface area contributed by atoms with E-state index in [9.17, 15) is 18.0 Å². The lowest BCUT2D eigenvalue weighted by molar-refractivity contribution is -0.183. The number of rotatable bonds is 5. The molecule has 1 N–H and O–H groups in total. The molecule has 2 rings (SSSR count). The third-order valence-corrected chi connectivity index (χ3v) is 4.20. The van der Waals surface area contributed by atoms with E-state index in [0.717, 1.165) is 6.08 Å². The minimum absolute atomic E-state index is 0.0719. The fourth-order valence-electron chi connectivity index (χ4n) is 2.79. The van der Waals surface area contributed by atoms with Gasteiger partial charge in [0, 0.05) is 5.56 Å². The number of methoxy groups -OCH3 is 1. The Morgan fingerprint density at radius 3 is 2.56 bits per heavy atom. The molecule has 5 nitrogen and oxygen atoms in total. The molecule has 0 saturated heterocycles. The summed E-state index contributed by atoms with van der Waals surface area (Å²) in [6.45, 7) is 3.35. The second-order valence-electron chi connectivity index (χ2n) is 5.90. The van der Waals surface area contributed by atoms with Crippen molar-refractivity contribution in [1.29, 1.82) is 0 Å². The van der Waals surface area contributed by atoms with Crippen LogP contribution in [0.25, 0.3) is 6.08 Å². The number of carbonyl (C=O) groups is 1. The smallest absolute Gasteiger partial charge is 0.391 e. The van der Waals surface area contributed by atoms with Crippen molar-refractivity contribution in [2.75, 3.05) is 12.4 Å². The summed E-state index contributed by atoms with van der Waals surface area (Å²) in [5.74, 6) is -1.03. The van der Waals surface area contributed by atoms with Gasteiger partial charge in [0.25, 0.3) is 0 Å². The second kappa shape index (κ2) is 8.13. The maximum atomic E-state index is 12.7. The van der Waals surface area contributed by atoms with Gasteiger partial charge in [-0.15, -0.1) is 10.2 Å². The number of ether oxygens (including phenoxy) is 1. The highest BCUT2D eigenvalue weighted by Gasteiger charge is 2.40. The van der Waals surface area contributed by atoms with Gasteiger partial charge in [-0.05, 0) is 43.7 Å². The first-order valence-corrected chi connectivity index (χ1v) is 7.93. The minimum atomic E-state index is -4.11. The lowest BCUT2D eigenvalue weighted by Gasteiger charge is -2.28. The topological polar surface area (TPSA) is 64.1 Å². The van der Waals surface area contributed by atoms with Gasteiger partial charge in [-0.2, -0.15) is 13.2 Å². The number of halogens is 3. The summed E-state index contributed by atoms with van der Waals surface area (Å²) < 4.78 is 43.2. The molecule has 0 spiro atoms. The molecule has 0 bridgehead atoms. The predicted octanol–water partition coefficient (Wildman–Crippen LogP) is 3.99. The summed E-state index contributed by atoms with van der Waals surface area (Å²) in [6.07, 6.45) is 1.88. The number of allylic oxidation sites excluding steroid dienone is 1. The molecule has 0 aliphatic heterocycles. The van der Waals surface area contributed by atoms with E-state index in [4.69, 9.17) is 4.74 Å². The molecular formula is C17H20F3N3O2. The standard InChI is InChI=1S/C17H20F3N3O2/c1-3-15(24)21-14-10-12(16(25-2)23-22-14)7-4-11-5-8-13(9-6-11)17(18,19)20/h3-4,7,10-11,13H,1,5-6,8-9H2,2H3,(H,21,22,24)/b7-4+. The van der Waals surface area contributed by atoms with Crippen molar-refractivity contribution in [3.8, 4) is 5.88 Å². The van der Waals surface area contributed by atoms with Gasteiger partial charge in [0.15, 0.2) is 5.82 Å². The molecule has 8 heteroatoms. The number of carbonyl (C=O) groups excluding carboxylic acids is 1.